The number of hydrogen-bond donors (Lipinski definition) is 0. The van der Waals surface area contributed by atoms with Crippen molar-refractivity contribution < 1.29 is 18.7 Å². The average molecular weight is 333 g/mol. The molecular weight excluding hydrogens is 306 g/mol. The van der Waals surface area contributed by atoms with Crippen molar-refractivity contribution in [2.75, 3.05) is 19.8 Å². The number of rotatable bonds is 6. The fraction of sp³-hybridized carbons (Fsp3) is 0.632. The third kappa shape index (κ3) is 4.08. The van der Waals surface area contributed by atoms with Gasteiger partial charge in [0.1, 0.15) is 5.76 Å². The van der Waals surface area contributed by atoms with E-state index in [4.69, 9.17) is 13.9 Å². The fourth-order valence-electron chi connectivity index (χ4n) is 3.61. The monoisotopic (exact) mass is 333 g/mol. The number of nitrogens with zero attached hydrogens (tertiary/aromatic N) is 1. The van der Waals surface area contributed by atoms with Crippen LogP contribution in [-0.2, 0) is 20.8 Å². The Morgan fingerprint density at radius 2 is 2.08 bits per heavy atom. The van der Waals surface area contributed by atoms with Gasteiger partial charge in [0, 0.05) is 19.8 Å². The van der Waals surface area contributed by atoms with Crippen molar-refractivity contribution in [2.45, 2.75) is 51.4 Å². The Labute approximate surface area is 143 Å². The minimum absolute atomic E-state index is 0.120. The van der Waals surface area contributed by atoms with E-state index < -0.39 is 0 Å². The van der Waals surface area contributed by atoms with Crippen LogP contribution in [-0.4, -0.2) is 42.8 Å². The first-order valence-electron chi connectivity index (χ1n) is 8.85. The van der Waals surface area contributed by atoms with Crippen LogP contribution in [0.5, 0.6) is 0 Å². The summed E-state index contributed by atoms with van der Waals surface area (Å²) in [6, 6.07) is 3.76. The van der Waals surface area contributed by atoms with Crippen LogP contribution in [0, 0.1) is 5.92 Å². The second-order valence-electron chi connectivity index (χ2n) is 6.82. The summed E-state index contributed by atoms with van der Waals surface area (Å²) in [6.45, 7) is 8.52. The van der Waals surface area contributed by atoms with E-state index in [2.05, 4.69) is 6.58 Å². The van der Waals surface area contributed by atoms with E-state index in [1.165, 1.54) is 0 Å². The van der Waals surface area contributed by atoms with Gasteiger partial charge in [-0.25, -0.2) is 0 Å². The van der Waals surface area contributed by atoms with Gasteiger partial charge in [-0.1, -0.05) is 12.2 Å². The standard InChI is InChI=1S/C19H27NO4/c1-14(2)18-17(8-5-11-24-18)19(21)20(12-15-6-3-9-22-15)13-16-7-4-10-23-16/h3,6,9,16-18H,1,4-5,7-8,10-13H2,2H3/t16-,17-,18-/m1/s1. The summed E-state index contributed by atoms with van der Waals surface area (Å²) in [5.74, 6) is 0.757. The van der Waals surface area contributed by atoms with Crippen LogP contribution in [0.4, 0.5) is 0 Å². The van der Waals surface area contributed by atoms with Gasteiger partial charge in [0.25, 0.3) is 0 Å². The molecule has 2 saturated heterocycles. The number of carbonyl (C=O) groups excluding carboxylic acids is 1. The molecule has 1 amide bonds. The number of carbonyl (C=O) groups is 1. The Bertz CT molecular complexity index is 548. The van der Waals surface area contributed by atoms with E-state index >= 15 is 0 Å². The molecule has 0 spiro atoms. The molecule has 5 nitrogen and oxygen atoms in total. The van der Waals surface area contributed by atoms with Crippen molar-refractivity contribution in [3.63, 3.8) is 0 Å². The predicted octanol–water partition coefficient (Wildman–Crippen LogP) is 3.16. The van der Waals surface area contributed by atoms with Gasteiger partial charge in [-0.05, 0) is 44.7 Å². The average Bonchev–Trinajstić information content (AvgIpc) is 3.27. The Balaban J connectivity index is 1.74. The van der Waals surface area contributed by atoms with Crippen LogP contribution >= 0.6 is 0 Å². The van der Waals surface area contributed by atoms with Crippen molar-refractivity contribution in [1.29, 1.82) is 0 Å². The molecule has 24 heavy (non-hydrogen) atoms. The van der Waals surface area contributed by atoms with Gasteiger partial charge in [0.2, 0.25) is 5.91 Å². The van der Waals surface area contributed by atoms with E-state index in [1.54, 1.807) is 6.26 Å². The highest BCUT2D eigenvalue weighted by molar-refractivity contribution is 5.80. The maximum absolute atomic E-state index is 13.2. The van der Waals surface area contributed by atoms with E-state index in [9.17, 15) is 4.79 Å². The molecule has 1 aromatic heterocycles. The van der Waals surface area contributed by atoms with Crippen LogP contribution in [0.25, 0.3) is 0 Å². The van der Waals surface area contributed by atoms with Crippen LogP contribution in [0.2, 0.25) is 0 Å². The quantitative estimate of drug-likeness (QED) is 0.751. The number of hydrogen-bond acceptors (Lipinski definition) is 4. The molecule has 0 radical (unpaired) electrons. The van der Waals surface area contributed by atoms with Gasteiger partial charge in [-0.2, -0.15) is 0 Å². The summed E-state index contributed by atoms with van der Waals surface area (Å²) < 4.78 is 17.0. The molecule has 0 bridgehead atoms. The molecule has 3 atom stereocenters. The number of ether oxygens (including phenoxy) is 2. The van der Waals surface area contributed by atoms with Gasteiger partial charge in [0.05, 0.1) is 30.9 Å². The predicted molar refractivity (Wildman–Crippen MR) is 90.4 cm³/mol. The lowest BCUT2D eigenvalue weighted by Gasteiger charge is -2.35. The van der Waals surface area contributed by atoms with Crippen molar-refractivity contribution in [2.24, 2.45) is 5.92 Å². The summed E-state index contributed by atoms with van der Waals surface area (Å²) >= 11 is 0. The van der Waals surface area contributed by atoms with Gasteiger partial charge < -0.3 is 18.8 Å². The Morgan fingerprint density at radius 1 is 1.29 bits per heavy atom. The molecule has 5 heteroatoms. The van der Waals surface area contributed by atoms with Crippen molar-refractivity contribution in [3.8, 4) is 0 Å². The molecular formula is C19H27NO4. The maximum atomic E-state index is 13.2. The van der Waals surface area contributed by atoms with Gasteiger partial charge in [0.15, 0.2) is 0 Å². The van der Waals surface area contributed by atoms with Crippen LogP contribution in [0.3, 0.4) is 0 Å². The first-order valence-corrected chi connectivity index (χ1v) is 8.85. The molecule has 0 N–H and O–H groups in total. The summed E-state index contributed by atoms with van der Waals surface area (Å²) in [5.41, 5.74) is 0.920. The molecule has 2 fully saturated rings. The fourth-order valence-corrected chi connectivity index (χ4v) is 3.61. The Morgan fingerprint density at radius 3 is 2.75 bits per heavy atom. The highest BCUT2D eigenvalue weighted by Crippen LogP contribution is 2.28. The van der Waals surface area contributed by atoms with Crippen LogP contribution in [0.1, 0.15) is 38.4 Å². The molecule has 0 saturated carbocycles. The van der Waals surface area contributed by atoms with Gasteiger partial charge >= 0.3 is 0 Å². The van der Waals surface area contributed by atoms with Crippen molar-refractivity contribution >= 4 is 5.91 Å². The first kappa shape index (κ1) is 17.2. The molecule has 3 rings (SSSR count). The lowest BCUT2D eigenvalue weighted by molar-refractivity contribution is -0.145. The summed E-state index contributed by atoms with van der Waals surface area (Å²) in [5, 5.41) is 0. The highest BCUT2D eigenvalue weighted by atomic mass is 16.5. The number of furan rings is 1. The van der Waals surface area contributed by atoms with E-state index in [-0.39, 0.29) is 24.0 Å². The summed E-state index contributed by atoms with van der Waals surface area (Å²) in [4.78, 5) is 15.1. The highest BCUT2D eigenvalue weighted by Gasteiger charge is 2.36. The van der Waals surface area contributed by atoms with E-state index in [0.29, 0.717) is 19.7 Å². The van der Waals surface area contributed by atoms with Crippen LogP contribution < -0.4 is 0 Å². The largest absolute Gasteiger partial charge is 0.467 e. The SMILES string of the molecule is C=C(C)[C@H]1OCCC[C@H]1C(=O)N(Cc1ccco1)C[C@H]1CCCO1. The summed E-state index contributed by atoms with van der Waals surface area (Å²) in [6.07, 6.45) is 5.41. The lowest BCUT2D eigenvalue weighted by Crippen LogP contribution is -2.46. The smallest absolute Gasteiger partial charge is 0.229 e. The number of amides is 1. The zero-order valence-electron chi connectivity index (χ0n) is 14.4. The molecule has 3 heterocycles. The zero-order chi connectivity index (χ0) is 16.9. The maximum Gasteiger partial charge on any atom is 0.229 e. The lowest BCUT2D eigenvalue weighted by atomic mass is 9.89. The molecule has 0 aliphatic carbocycles. The molecule has 0 unspecified atom stereocenters. The van der Waals surface area contributed by atoms with E-state index in [0.717, 1.165) is 43.6 Å². The molecule has 1 aromatic rings. The third-order valence-electron chi connectivity index (χ3n) is 4.81. The molecule has 132 valence electrons. The van der Waals surface area contributed by atoms with E-state index in [1.807, 2.05) is 24.0 Å². The first-order chi connectivity index (χ1) is 11.6. The summed E-state index contributed by atoms with van der Waals surface area (Å²) in [7, 11) is 0. The molecule has 2 aliphatic rings. The zero-order valence-corrected chi connectivity index (χ0v) is 14.4. The second kappa shape index (κ2) is 7.99. The van der Waals surface area contributed by atoms with Gasteiger partial charge in [-0.3, -0.25) is 4.79 Å². The minimum Gasteiger partial charge on any atom is -0.467 e. The second-order valence-corrected chi connectivity index (χ2v) is 6.82. The normalized spacial score (nSPS) is 27.1. The minimum atomic E-state index is -0.185. The topological polar surface area (TPSA) is 51.9 Å². The Hall–Kier alpha value is -1.59. The van der Waals surface area contributed by atoms with Gasteiger partial charge in [-0.15, -0.1) is 0 Å². The Kier molecular flexibility index (Phi) is 5.74. The molecule has 0 aromatic carbocycles. The van der Waals surface area contributed by atoms with Crippen molar-refractivity contribution in [3.05, 3.63) is 36.3 Å². The van der Waals surface area contributed by atoms with Crippen LogP contribution in [0.15, 0.2) is 35.0 Å². The van der Waals surface area contributed by atoms with Crippen molar-refractivity contribution in [1.82, 2.24) is 4.90 Å². The third-order valence-corrected chi connectivity index (χ3v) is 4.81. The molecule has 2 aliphatic heterocycles.